The Hall–Kier alpha value is -0.900. The lowest BCUT2D eigenvalue weighted by atomic mass is 10.1. The maximum Gasteiger partial charge on any atom is 0.339 e. The van der Waals surface area contributed by atoms with Gasteiger partial charge in [0.05, 0.1) is 0 Å². The Morgan fingerprint density at radius 1 is 1.36 bits per heavy atom. The number of carbonyl (C=O) groups is 2. The average molecular weight is 160 g/mol. The van der Waals surface area contributed by atoms with Gasteiger partial charge in [0.1, 0.15) is 6.61 Å². The molecule has 0 bridgehead atoms. The molecule has 0 rings (SSSR count). The van der Waals surface area contributed by atoms with E-state index in [0.717, 1.165) is 0 Å². The average Bonchev–Trinajstić information content (AvgIpc) is 1.85. The van der Waals surface area contributed by atoms with Gasteiger partial charge in [0, 0.05) is 6.42 Å². The molecule has 0 unspecified atom stereocenters. The SMILES string of the molecule is CC(C)CC(=O)OC(=O)CO. The maximum absolute atomic E-state index is 10.7. The minimum absolute atomic E-state index is 0.161. The van der Waals surface area contributed by atoms with E-state index in [2.05, 4.69) is 4.74 Å². The zero-order valence-electron chi connectivity index (χ0n) is 6.66. The van der Waals surface area contributed by atoms with Crippen LogP contribution in [0.4, 0.5) is 0 Å². The van der Waals surface area contributed by atoms with E-state index in [0.29, 0.717) is 0 Å². The summed E-state index contributed by atoms with van der Waals surface area (Å²) in [7, 11) is 0. The molecule has 64 valence electrons. The molecule has 0 saturated heterocycles. The van der Waals surface area contributed by atoms with E-state index in [9.17, 15) is 9.59 Å². The third-order valence-electron chi connectivity index (χ3n) is 0.932. The highest BCUT2D eigenvalue weighted by Crippen LogP contribution is 2.00. The molecule has 0 fully saturated rings. The molecule has 0 spiro atoms. The monoisotopic (exact) mass is 160 g/mol. The van der Waals surface area contributed by atoms with Gasteiger partial charge in [-0.15, -0.1) is 0 Å². The van der Waals surface area contributed by atoms with Gasteiger partial charge in [0.2, 0.25) is 0 Å². The van der Waals surface area contributed by atoms with Crippen LogP contribution in [0.25, 0.3) is 0 Å². The Morgan fingerprint density at radius 3 is 2.27 bits per heavy atom. The summed E-state index contributed by atoms with van der Waals surface area (Å²) in [6.07, 6.45) is 0.200. The van der Waals surface area contributed by atoms with Crippen LogP contribution in [0, 0.1) is 5.92 Å². The van der Waals surface area contributed by atoms with Gasteiger partial charge in [-0.1, -0.05) is 13.8 Å². The van der Waals surface area contributed by atoms with Crippen LogP contribution in [0.5, 0.6) is 0 Å². The van der Waals surface area contributed by atoms with Crippen LogP contribution in [-0.2, 0) is 14.3 Å². The molecular weight excluding hydrogens is 148 g/mol. The van der Waals surface area contributed by atoms with E-state index in [1.807, 2.05) is 13.8 Å². The fourth-order valence-corrected chi connectivity index (χ4v) is 0.534. The van der Waals surface area contributed by atoms with Crippen molar-refractivity contribution >= 4 is 11.9 Å². The minimum atomic E-state index is -0.893. The quantitative estimate of drug-likeness (QED) is 0.469. The van der Waals surface area contributed by atoms with Crippen LogP contribution < -0.4 is 0 Å². The molecule has 0 heterocycles. The smallest absolute Gasteiger partial charge is 0.339 e. The molecule has 4 nitrogen and oxygen atoms in total. The van der Waals surface area contributed by atoms with Crippen molar-refractivity contribution in [3.8, 4) is 0 Å². The third kappa shape index (κ3) is 5.54. The number of rotatable bonds is 3. The van der Waals surface area contributed by atoms with Crippen LogP contribution in [-0.4, -0.2) is 23.7 Å². The summed E-state index contributed by atoms with van der Waals surface area (Å²) in [5.41, 5.74) is 0. The van der Waals surface area contributed by atoms with Crippen LogP contribution in [0.3, 0.4) is 0 Å². The van der Waals surface area contributed by atoms with Crippen molar-refractivity contribution in [2.24, 2.45) is 5.92 Å². The first kappa shape index (κ1) is 10.1. The first-order valence-electron chi connectivity index (χ1n) is 3.40. The van der Waals surface area contributed by atoms with E-state index in [1.165, 1.54) is 0 Å². The lowest BCUT2D eigenvalue weighted by Gasteiger charge is -2.02. The fourth-order valence-electron chi connectivity index (χ4n) is 0.534. The molecule has 0 atom stereocenters. The standard InChI is InChI=1S/C7H12O4/c1-5(2)3-6(9)11-7(10)4-8/h5,8H,3-4H2,1-2H3. The van der Waals surface area contributed by atoms with Crippen LogP contribution in [0.1, 0.15) is 20.3 Å². The van der Waals surface area contributed by atoms with E-state index in [-0.39, 0.29) is 12.3 Å². The van der Waals surface area contributed by atoms with Crippen molar-refractivity contribution in [3.63, 3.8) is 0 Å². The Balaban J connectivity index is 3.61. The Morgan fingerprint density at radius 2 is 1.91 bits per heavy atom. The second-order valence-electron chi connectivity index (χ2n) is 2.60. The number of aliphatic hydroxyl groups is 1. The zero-order valence-corrected chi connectivity index (χ0v) is 6.66. The largest absolute Gasteiger partial charge is 0.391 e. The predicted octanol–water partition coefficient (Wildman–Crippen LogP) is 0.0946. The predicted molar refractivity (Wildman–Crippen MR) is 37.6 cm³/mol. The summed E-state index contributed by atoms with van der Waals surface area (Å²) in [4.78, 5) is 21.0. The van der Waals surface area contributed by atoms with E-state index in [4.69, 9.17) is 5.11 Å². The number of carbonyl (C=O) groups excluding carboxylic acids is 2. The third-order valence-corrected chi connectivity index (χ3v) is 0.932. The van der Waals surface area contributed by atoms with Gasteiger partial charge in [-0.05, 0) is 5.92 Å². The van der Waals surface area contributed by atoms with E-state index in [1.54, 1.807) is 0 Å². The van der Waals surface area contributed by atoms with Crippen molar-refractivity contribution < 1.29 is 19.4 Å². The highest BCUT2D eigenvalue weighted by Gasteiger charge is 2.10. The molecule has 0 aliphatic rings. The topological polar surface area (TPSA) is 63.6 Å². The number of hydrogen-bond acceptors (Lipinski definition) is 4. The van der Waals surface area contributed by atoms with E-state index >= 15 is 0 Å². The summed E-state index contributed by atoms with van der Waals surface area (Å²) in [5.74, 6) is -1.32. The summed E-state index contributed by atoms with van der Waals surface area (Å²) < 4.78 is 4.18. The Bertz CT molecular complexity index is 151. The fraction of sp³-hybridized carbons (Fsp3) is 0.714. The molecule has 1 N–H and O–H groups in total. The normalized spacial score (nSPS) is 9.82. The molecular formula is C7H12O4. The number of ether oxygens (including phenoxy) is 1. The summed E-state index contributed by atoms with van der Waals surface area (Å²) in [5, 5.41) is 8.19. The van der Waals surface area contributed by atoms with Crippen molar-refractivity contribution in [3.05, 3.63) is 0 Å². The summed E-state index contributed by atoms with van der Waals surface area (Å²) >= 11 is 0. The lowest BCUT2D eigenvalue weighted by Crippen LogP contribution is -2.16. The van der Waals surface area contributed by atoms with Gasteiger partial charge in [-0.3, -0.25) is 4.79 Å². The van der Waals surface area contributed by atoms with Crippen molar-refractivity contribution in [2.45, 2.75) is 20.3 Å². The Kier molecular flexibility index (Phi) is 4.45. The van der Waals surface area contributed by atoms with Crippen LogP contribution in [0.15, 0.2) is 0 Å². The highest BCUT2D eigenvalue weighted by molar-refractivity contribution is 5.85. The lowest BCUT2D eigenvalue weighted by molar-refractivity contribution is -0.162. The first-order chi connectivity index (χ1) is 5.06. The van der Waals surface area contributed by atoms with Gasteiger partial charge in [-0.2, -0.15) is 0 Å². The first-order valence-corrected chi connectivity index (χ1v) is 3.40. The van der Waals surface area contributed by atoms with Crippen LogP contribution in [0.2, 0.25) is 0 Å². The van der Waals surface area contributed by atoms with Gasteiger partial charge >= 0.3 is 11.9 Å². The molecule has 0 aromatic carbocycles. The van der Waals surface area contributed by atoms with Crippen molar-refractivity contribution in [1.82, 2.24) is 0 Å². The molecule has 0 saturated carbocycles. The van der Waals surface area contributed by atoms with Gasteiger partial charge < -0.3 is 9.84 Å². The van der Waals surface area contributed by atoms with Crippen LogP contribution >= 0.6 is 0 Å². The molecule has 0 aliphatic heterocycles. The second kappa shape index (κ2) is 4.85. The highest BCUT2D eigenvalue weighted by atomic mass is 16.6. The van der Waals surface area contributed by atoms with Gasteiger partial charge in [0.25, 0.3) is 0 Å². The minimum Gasteiger partial charge on any atom is -0.391 e. The van der Waals surface area contributed by atoms with E-state index < -0.39 is 18.5 Å². The van der Waals surface area contributed by atoms with Gasteiger partial charge in [0.15, 0.2) is 0 Å². The molecule has 0 aromatic heterocycles. The Labute approximate surface area is 65.2 Å². The molecule has 11 heavy (non-hydrogen) atoms. The number of hydrogen-bond donors (Lipinski definition) is 1. The second-order valence-corrected chi connectivity index (χ2v) is 2.60. The van der Waals surface area contributed by atoms with Gasteiger partial charge in [-0.25, -0.2) is 4.79 Å². The van der Waals surface area contributed by atoms with Crippen molar-refractivity contribution in [2.75, 3.05) is 6.61 Å². The number of esters is 2. The maximum atomic E-state index is 10.7. The molecule has 0 radical (unpaired) electrons. The molecule has 4 heteroatoms. The number of aliphatic hydroxyl groups excluding tert-OH is 1. The van der Waals surface area contributed by atoms with Crippen molar-refractivity contribution in [1.29, 1.82) is 0 Å². The molecule has 0 aromatic rings. The molecule has 0 aliphatic carbocycles. The summed E-state index contributed by atoms with van der Waals surface area (Å²) in [6.45, 7) is 2.93. The summed E-state index contributed by atoms with van der Waals surface area (Å²) in [6, 6.07) is 0. The molecule has 0 amide bonds. The zero-order chi connectivity index (χ0) is 8.85.